The van der Waals surface area contributed by atoms with Crippen LogP contribution in [0.15, 0.2) is 18.2 Å². The molecular weight excluding hydrogens is 359 g/mol. The molecule has 1 heterocycles. The van der Waals surface area contributed by atoms with E-state index >= 15 is 0 Å². The summed E-state index contributed by atoms with van der Waals surface area (Å²) in [6.45, 7) is 1.62. The highest BCUT2D eigenvalue weighted by atomic mass is 35.5. The van der Waals surface area contributed by atoms with Gasteiger partial charge in [0.1, 0.15) is 15.9 Å². The summed E-state index contributed by atoms with van der Waals surface area (Å²) in [4.78, 5) is 24.3. The second-order valence-corrected chi connectivity index (χ2v) is 6.31. The first-order chi connectivity index (χ1) is 10.9. The van der Waals surface area contributed by atoms with Crippen molar-refractivity contribution in [3.63, 3.8) is 0 Å². The Bertz CT molecular complexity index is 840. The van der Waals surface area contributed by atoms with E-state index in [1.807, 2.05) is 6.07 Å². The highest BCUT2D eigenvalue weighted by Gasteiger charge is 2.22. The van der Waals surface area contributed by atoms with Gasteiger partial charge in [-0.3, -0.25) is 4.79 Å². The molecule has 0 aliphatic carbocycles. The van der Waals surface area contributed by atoms with E-state index in [-0.39, 0.29) is 26.0 Å². The standard InChI is InChI=1S/C15H10Cl2N2O3S/c1-7-10(6-18)14(23-12(7)15(21)22-2)19-13(20)9-4-3-8(16)5-11(9)17/h3-5H,1-2H3,(H,19,20). The molecule has 2 aromatic rings. The van der Waals surface area contributed by atoms with E-state index in [4.69, 9.17) is 23.2 Å². The van der Waals surface area contributed by atoms with Crippen LogP contribution in [0, 0.1) is 18.3 Å². The first-order valence-corrected chi connectivity index (χ1v) is 7.84. The van der Waals surface area contributed by atoms with E-state index in [1.54, 1.807) is 6.92 Å². The number of anilines is 1. The van der Waals surface area contributed by atoms with Gasteiger partial charge < -0.3 is 10.1 Å². The number of methoxy groups -OCH3 is 1. The monoisotopic (exact) mass is 368 g/mol. The largest absolute Gasteiger partial charge is 0.465 e. The molecule has 0 saturated heterocycles. The van der Waals surface area contributed by atoms with Gasteiger partial charge in [0.05, 0.1) is 23.3 Å². The lowest BCUT2D eigenvalue weighted by Gasteiger charge is -2.05. The molecule has 23 heavy (non-hydrogen) atoms. The molecule has 0 saturated carbocycles. The zero-order valence-corrected chi connectivity index (χ0v) is 14.4. The molecule has 8 heteroatoms. The molecule has 0 radical (unpaired) electrons. The van der Waals surface area contributed by atoms with Gasteiger partial charge in [-0.05, 0) is 30.7 Å². The van der Waals surface area contributed by atoms with E-state index in [1.165, 1.54) is 25.3 Å². The number of ether oxygens (including phenoxy) is 1. The molecule has 2 rings (SSSR count). The van der Waals surface area contributed by atoms with Crippen molar-refractivity contribution >= 4 is 51.4 Å². The number of hydrogen-bond acceptors (Lipinski definition) is 5. The Morgan fingerprint density at radius 2 is 2.04 bits per heavy atom. The Hall–Kier alpha value is -2.07. The molecule has 0 aliphatic heterocycles. The van der Waals surface area contributed by atoms with E-state index in [0.717, 1.165) is 11.3 Å². The van der Waals surface area contributed by atoms with E-state index in [2.05, 4.69) is 10.1 Å². The maximum absolute atomic E-state index is 12.3. The van der Waals surface area contributed by atoms with Crippen molar-refractivity contribution in [2.75, 3.05) is 12.4 Å². The fourth-order valence-electron chi connectivity index (χ4n) is 1.87. The van der Waals surface area contributed by atoms with Crippen LogP contribution in [0.1, 0.15) is 31.2 Å². The van der Waals surface area contributed by atoms with Gasteiger partial charge in [0.25, 0.3) is 5.91 Å². The number of esters is 1. The van der Waals surface area contributed by atoms with Gasteiger partial charge in [0.2, 0.25) is 0 Å². The van der Waals surface area contributed by atoms with Crippen molar-refractivity contribution < 1.29 is 14.3 Å². The van der Waals surface area contributed by atoms with Crippen LogP contribution >= 0.6 is 34.5 Å². The second-order valence-electron chi connectivity index (χ2n) is 4.44. The lowest BCUT2D eigenvalue weighted by atomic mass is 10.1. The maximum Gasteiger partial charge on any atom is 0.348 e. The number of nitrogens with one attached hydrogen (secondary N) is 1. The molecule has 1 aromatic carbocycles. The summed E-state index contributed by atoms with van der Waals surface area (Å²) < 4.78 is 4.67. The molecule has 118 valence electrons. The molecule has 0 unspecified atom stereocenters. The number of rotatable bonds is 3. The summed E-state index contributed by atoms with van der Waals surface area (Å²) in [6, 6.07) is 6.44. The Labute approximate surface area is 146 Å². The molecule has 0 aliphatic rings. The van der Waals surface area contributed by atoms with Crippen LogP contribution in [0.25, 0.3) is 0 Å². The normalized spacial score (nSPS) is 10.0. The number of carbonyl (C=O) groups is 2. The minimum absolute atomic E-state index is 0.190. The summed E-state index contributed by atoms with van der Waals surface area (Å²) in [5.41, 5.74) is 0.890. The minimum atomic E-state index is -0.561. The van der Waals surface area contributed by atoms with Crippen LogP contribution in [0.4, 0.5) is 5.00 Å². The predicted octanol–water partition coefficient (Wildman–Crippen LogP) is 4.27. The number of benzene rings is 1. The van der Waals surface area contributed by atoms with Crippen LogP contribution in [0.2, 0.25) is 10.0 Å². The topological polar surface area (TPSA) is 79.2 Å². The molecule has 1 aromatic heterocycles. The zero-order chi connectivity index (χ0) is 17.1. The molecule has 1 N–H and O–H groups in total. The first kappa shape index (κ1) is 17.3. The van der Waals surface area contributed by atoms with Gasteiger partial charge in [0, 0.05) is 5.02 Å². The molecule has 0 atom stereocenters. The molecule has 5 nitrogen and oxygen atoms in total. The summed E-state index contributed by atoms with van der Waals surface area (Å²) in [5, 5.41) is 12.7. The van der Waals surface area contributed by atoms with Gasteiger partial charge in [0.15, 0.2) is 0 Å². The zero-order valence-electron chi connectivity index (χ0n) is 12.1. The van der Waals surface area contributed by atoms with Gasteiger partial charge in [-0.15, -0.1) is 11.3 Å². The van der Waals surface area contributed by atoms with Gasteiger partial charge in [-0.25, -0.2) is 4.79 Å². The molecule has 0 fully saturated rings. The number of halogens is 2. The average Bonchev–Trinajstić information content (AvgIpc) is 2.82. The Morgan fingerprint density at radius 3 is 2.61 bits per heavy atom. The number of nitrogens with zero attached hydrogens (tertiary/aromatic N) is 1. The van der Waals surface area contributed by atoms with Crippen LogP contribution in [-0.2, 0) is 4.74 Å². The maximum atomic E-state index is 12.3. The van der Waals surface area contributed by atoms with Crippen molar-refractivity contribution in [1.82, 2.24) is 0 Å². The highest BCUT2D eigenvalue weighted by Crippen LogP contribution is 2.33. The smallest absolute Gasteiger partial charge is 0.348 e. The van der Waals surface area contributed by atoms with Crippen LogP contribution in [0.3, 0.4) is 0 Å². The number of thiophene rings is 1. The molecule has 0 bridgehead atoms. The van der Waals surface area contributed by atoms with Crippen molar-refractivity contribution in [3.8, 4) is 6.07 Å². The van der Waals surface area contributed by atoms with Crippen LogP contribution in [0.5, 0.6) is 0 Å². The lowest BCUT2D eigenvalue weighted by molar-refractivity contribution is 0.0605. The fourth-order valence-corrected chi connectivity index (χ4v) is 3.43. The third-order valence-electron chi connectivity index (χ3n) is 3.03. The van der Waals surface area contributed by atoms with Crippen LogP contribution in [-0.4, -0.2) is 19.0 Å². The fraction of sp³-hybridized carbons (Fsp3) is 0.133. The Kier molecular flexibility index (Phi) is 5.26. The summed E-state index contributed by atoms with van der Waals surface area (Å²) in [5.74, 6) is -1.06. The van der Waals surface area contributed by atoms with Gasteiger partial charge in [-0.1, -0.05) is 23.2 Å². The number of carbonyl (C=O) groups excluding carboxylic acids is 2. The third kappa shape index (κ3) is 3.48. The molecule has 1 amide bonds. The van der Waals surface area contributed by atoms with Gasteiger partial charge >= 0.3 is 5.97 Å². The molecular formula is C15H10Cl2N2O3S. The second kappa shape index (κ2) is 7.01. The lowest BCUT2D eigenvalue weighted by Crippen LogP contribution is -2.12. The van der Waals surface area contributed by atoms with Crippen molar-refractivity contribution in [2.45, 2.75) is 6.92 Å². The van der Waals surface area contributed by atoms with Crippen molar-refractivity contribution in [3.05, 3.63) is 49.8 Å². The number of amides is 1. The Morgan fingerprint density at radius 1 is 1.35 bits per heavy atom. The van der Waals surface area contributed by atoms with Crippen LogP contribution < -0.4 is 5.32 Å². The minimum Gasteiger partial charge on any atom is -0.465 e. The summed E-state index contributed by atoms with van der Waals surface area (Å²) in [6.07, 6.45) is 0. The van der Waals surface area contributed by atoms with E-state index in [9.17, 15) is 14.9 Å². The predicted molar refractivity (Wildman–Crippen MR) is 89.5 cm³/mol. The van der Waals surface area contributed by atoms with E-state index in [0.29, 0.717) is 10.6 Å². The van der Waals surface area contributed by atoms with Crippen molar-refractivity contribution in [2.24, 2.45) is 0 Å². The highest BCUT2D eigenvalue weighted by molar-refractivity contribution is 7.18. The van der Waals surface area contributed by atoms with Gasteiger partial charge in [-0.2, -0.15) is 5.26 Å². The number of nitriles is 1. The van der Waals surface area contributed by atoms with Crippen molar-refractivity contribution in [1.29, 1.82) is 5.26 Å². The van der Waals surface area contributed by atoms with E-state index < -0.39 is 11.9 Å². The quantitative estimate of drug-likeness (QED) is 0.820. The molecule has 0 spiro atoms. The summed E-state index contributed by atoms with van der Waals surface area (Å²) >= 11 is 12.8. The average molecular weight is 369 g/mol. The number of hydrogen-bond donors (Lipinski definition) is 1. The SMILES string of the molecule is COC(=O)c1sc(NC(=O)c2ccc(Cl)cc2Cl)c(C#N)c1C. The third-order valence-corrected chi connectivity index (χ3v) is 4.77. The summed E-state index contributed by atoms with van der Waals surface area (Å²) in [7, 11) is 1.25. The Balaban J connectivity index is 2.38. The first-order valence-electron chi connectivity index (χ1n) is 6.27.